The van der Waals surface area contributed by atoms with Gasteiger partial charge in [-0.2, -0.15) is 0 Å². The Hall–Kier alpha value is -2.61. The Morgan fingerprint density at radius 2 is 2.04 bits per heavy atom. The van der Waals surface area contributed by atoms with Gasteiger partial charge in [-0.1, -0.05) is 36.4 Å². The summed E-state index contributed by atoms with van der Waals surface area (Å²) in [5.74, 6) is 0.178. The smallest absolute Gasteiger partial charge is 0.189 e. The van der Waals surface area contributed by atoms with Crippen molar-refractivity contribution in [2.24, 2.45) is 0 Å². The molecule has 0 aromatic heterocycles. The van der Waals surface area contributed by atoms with E-state index in [1.54, 1.807) is 0 Å². The van der Waals surface area contributed by atoms with Crippen LogP contribution in [0.25, 0.3) is 16.8 Å². The van der Waals surface area contributed by atoms with Gasteiger partial charge in [-0.15, -0.1) is 0 Å². The minimum atomic E-state index is 0.178. The van der Waals surface area contributed by atoms with Crippen LogP contribution in [0, 0.1) is 0 Å². The number of nitrogens with zero attached hydrogens (tertiary/aromatic N) is 1. The summed E-state index contributed by atoms with van der Waals surface area (Å²) in [5.41, 5.74) is 5.73. The van der Waals surface area contributed by atoms with Crippen LogP contribution in [0.1, 0.15) is 40.7 Å². The summed E-state index contributed by atoms with van der Waals surface area (Å²) >= 11 is 0. The average Bonchev–Trinajstić information content (AvgIpc) is 2.60. The Labute approximate surface area is 148 Å². The Morgan fingerprint density at radius 3 is 2.80 bits per heavy atom. The topological polar surface area (TPSA) is 20.3 Å². The minimum Gasteiger partial charge on any atom is -0.374 e. The number of carbonyl (C=O) groups excluding carboxylic acids is 1. The normalized spacial score (nSPS) is 18.6. The van der Waals surface area contributed by atoms with Crippen molar-refractivity contribution in [3.63, 3.8) is 0 Å². The zero-order chi connectivity index (χ0) is 16.8. The molecule has 5 rings (SSSR count). The molecule has 0 unspecified atom stereocenters. The second-order valence-corrected chi connectivity index (χ2v) is 7.22. The van der Waals surface area contributed by atoms with E-state index in [1.807, 2.05) is 12.2 Å². The first-order valence-corrected chi connectivity index (χ1v) is 9.21. The Morgan fingerprint density at radius 1 is 1.12 bits per heavy atom. The molecule has 1 heterocycles. The lowest BCUT2D eigenvalue weighted by molar-refractivity contribution is 0.103. The van der Waals surface area contributed by atoms with E-state index in [1.165, 1.54) is 34.0 Å². The number of benzene rings is 2. The van der Waals surface area contributed by atoms with Crippen molar-refractivity contribution >= 4 is 22.6 Å². The molecule has 1 saturated heterocycles. The van der Waals surface area contributed by atoms with Crippen LogP contribution in [0.5, 0.6) is 0 Å². The van der Waals surface area contributed by atoms with Crippen LogP contribution in [0.15, 0.2) is 59.8 Å². The first-order valence-electron chi connectivity index (χ1n) is 9.21. The molecule has 0 saturated carbocycles. The molecule has 0 N–H and O–H groups in total. The van der Waals surface area contributed by atoms with Crippen LogP contribution < -0.4 is 0 Å². The maximum atomic E-state index is 13.0. The third kappa shape index (κ3) is 2.44. The van der Waals surface area contributed by atoms with Crippen LogP contribution in [-0.4, -0.2) is 23.8 Å². The third-order valence-electron chi connectivity index (χ3n) is 5.62. The lowest BCUT2D eigenvalue weighted by atomic mass is 9.87. The van der Waals surface area contributed by atoms with Gasteiger partial charge in [0.05, 0.1) is 0 Å². The van der Waals surface area contributed by atoms with E-state index in [4.69, 9.17) is 0 Å². The number of Topliss-reactive ketones (excluding diaryl/α,β-unsaturated/α-hetero) is 1. The second kappa shape index (κ2) is 5.73. The van der Waals surface area contributed by atoms with E-state index in [-0.39, 0.29) is 5.78 Å². The predicted molar refractivity (Wildman–Crippen MR) is 103 cm³/mol. The molecule has 2 heteroatoms. The van der Waals surface area contributed by atoms with Gasteiger partial charge in [0.2, 0.25) is 0 Å². The molecule has 0 spiro atoms. The van der Waals surface area contributed by atoms with Gasteiger partial charge >= 0.3 is 0 Å². The molecule has 1 fully saturated rings. The summed E-state index contributed by atoms with van der Waals surface area (Å²) in [4.78, 5) is 15.4. The molecular weight excluding hydrogens is 306 g/mol. The third-order valence-corrected chi connectivity index (χ3v) is 5.62. The largest absolute Gasteiger partial charge is 0.374 e. The van der Waals surface area contributed by atoms with Gasteiger partial charge in [-0.05, 0) is 59.4 Å². The van der Waals surface area contributed by atoms with Gasteiger partial charge in [-0.3, -0.25) is 4.79 Å². The SMILES string of the molecule is O=C(C1=CC=CCC1)c1cc2c3c(cccc3c1)CC(N1CCC1)=C2. The van der Waals surface area contributed by atoms with Gasteiger partial charge in [0.1, 0.15) is 0 Å². The number of hydrogen-bond donors (Lipinski definition) is 0. The van der Waals surface area contributed by atoms with E-state index < -0.39 is 0 Å². The molecule has 0 bridgehead atoms. The van der Waals surface area contributed by atoms with Crippen molar-refractivity contribution in [1.82, 2.24) is 4.90 Å². The van der Waals surface area contributed by atoms with Gasteiger partial charge < -0.3 is 4.90 Å². The summed E-state index contributed by atoms with van der Waals surface area (Å²) in [6.45, 7) is 2.32. The second-order valence-electron chi connectivity index (χ2n) is 7.22. The van der Waals surface area contributed by atoms with E-state index in [0.717, 1.165) is 43.5 Å². The molecule has 0 radical (unpaired) electrons. The van der Waals surface area contributed by atoms with Crippen molar-refractivity contribution in [3.05, 3.63) is 76.5 Å². The number of ketones is 1. The molecule has 2 nitrogen and oxygen atoms in total. The molecule has 0 atom stereocenters. The minimum absolute atomic E-state index is 0.178. The zero-order valence-corrected chi connectivity index (χ0v) is 14.3. The number of rotatable bonds is 3. The first kappa shape index (κ1) is 14.7. The number of carbonyl (C=O) groups is 1. The Balaban J connectivity index is 1.64. The highest BCUT2D eigenvalue weighted by molar-refractivity contribution is 6.12. The molecule has 2 aromatic rings. The number of allylic oxidation sites excluding steroid dienone is 5. The van der Waals surface area contributed by atoms with Crippen molar-refractivity contribution in [3.8, 4) is 0 Å². The van der Waals surface area contributed by atoms with Gasteiger partial charge in [0.15, 0.2) is 5.78 Å². The van der Waals surface area contributed by atoms with Crippen LogP contribution >= 0.6 is 0 Å². The summed E-state index contributed by atoms with van der Waals surface area (Å²) in [5, 5.41) is 2.50. The van der Waals surface area contributed by atoms with E-state index in [2.05, 4.69) is 47.4 Å². The van der Waals surface area contributed by atoms with Gasteiger partial charge in [0, 0.05) is 36.3 Å². The van der Waals surface area contributed by atoms with E-state index in [0.29, 0.717) is 0 Å². The summed E-state index contributed by atoms with van der Waals surface area (Å²) < 4.78 is 0. The molecule has 124 valence electrons. The Bertz CT molecular complexity index is 973. The van der Waals surface area contributed by atoms with Crippen LogP contribution in [0.4, 0.5) is 0 Å². The molecule has 0 amide bonds. The van der Waals surface area contributed by atoms with E-state index in [9.17, 15) is 4.79 Å². The van der Waals surface area contributed by atoms with Crippen LogP contribution in [-0.2, 0) is 6.42 Å². The summed E-state index contributed by atoms with van der Waals surface area (Å²) in [6, 6.07) is 10.7. The van der Waals surface area contributed by atoms with Gasteiger partial charge in [-0.25, -0.2) is 0 Å². The van der Waals surface area contributed by atoms with Crippen molar-refractivity contribution in [2.75, 3.05) is 13.1 Å². The first-order chi connectivity index (χ1) is 12.3. The fourth-order valence-corrected chi connectivity index (χ4v) is 4.14. The van der Waals surface area contributed by atoms with Crippen molar-refractivity contribution in [2.45, 2.75) is 25.7 Å². The number of hydrogen-bond acceptors (Lipinski definition) is 2. The average molecular weight is 327 g/mol. The quantitative estimate of drug-likeness (QED) is 0.747. The van der Waals surface area contributed by atoms with Crippen molar-refractivity contribution < 1.29 is 4.79 Å². The van der Waals surface area contributed by atoms with Gasteiger partial charge in [0.25, 0.3) is 0 Å². The lowest BCUT2D eigenvalue weighted by Crippen LogP contribution is -2.37. The Kier molecular flexibility index (Phi) is 3.37. The predicted octanol–water partition coefficient (Wildman–Crippen LogP) is 4.90. The summed E-state index contributed by atoms with van der Waals surface area (Å²) in [7, 11) is 0. The highest BCUT2D eigenvalue weighted by Gasteiger charge is 2.23. The molecule has 2 aliphatic carbocycles. The van der Waals surface area contributed by atoms with E-state index >= 15 is 0 Å². The number of likely N-dealkylation sites (tertiary alicyclic amines) is 1. The highest BCUT2D eigenvalue weighted by Crippen LogP contribution is 2.35. The zero-order valence-electron chi connectivity index (χ0n) is 14.3. The maximum absolute atomic E-state index is 13.0. The van der Waals surface area contributed by atoms with Crippen LogP contribution in [0.3, 0.4) is 0 Å². The molecule has 3 aliphatic rings. The fraction of sp³-hybridized carbons (Fsp3) is 0.261. The summed E-state index contributed by atoms with van der Waals surface area (Å²) in [6.07, 6.45) is 12.5. The molecule has 2 aromatic carbocycles. The highest BCUT2D eigenvalue weighted by atomic mass is 16.1. The molecular formula is C23H21NO. The maximum Gasteiger partial charge on any atom is 0.189 e. The monoisotopic (exact) mass is 327 g/mol. The lowest BCUT2D eigenvalue weighted by Gasteiger charge is -2.37. The standard InChI is InChI=1S/C23H21NO/c25-23(16-6-2-1-3-7-16)20-12-17-8-4-9-18-14-21(24-10-5-11-24)15-19(13-20)22(17)18/h1-2,4,6,8-9,12-13,15H,3,5,7,10-11,14H2. The van der Waals surface area contributed by atoms with Crippen molar-refractivity contribution in [1.29, 1.82) is 0 Å². The fourth-order valence-electron chi connectivity index (χ4n) is 4.14. The molecule has 25 heavy (non-hydrogen) atoms. The van der Waals surface area contributed by atoms with Crippen LogP contribution in [0.2, 0.25) is 0 Å². The molecule has 1 aliphatic heterocycles.